The quantitative estimate of drug-likeness (QED) is 0.830. The lowest BCUT2D eigenvalue weighted by Crippen LogP contribution is -2.48. The Bertz CT molecular complexity index is 800. The smallest absolute Gasteiger partial charge is 0.371 e. The van der Waals surface area contributed by atoms with Crippen molar-refractivity contribution >= 4 is 21.9 Å². The predicted molar refractivity (Wildman–Crippen MR) is 96.7 cm³/mol. The molecule has 2 aliphatic rings. The summed E-state index contributed by atoms with van der Waals surface area (Å²) in [5.74, 6) is -0.796. The fraction of sp³-hybridized carbons (Fsp3) is 0.667. The summed E-state index contributed by atoms with van der Waals surface area (Å²) in [6.07, 6.45) is 2.05. The summed E-state index contributed by atoms with van der Waals surface area (Å²) < 4.78 is 31.5. The van der Waals surface area contributed by atoms with Crippen LogP contribution in [-0.2, 0) is 14.8 Å². The molecule has 150 valence electrons. The number of furan rings is 1. The van der Waals surface area contributed by atoms with E-state index < -0.39 is 21.8 Å². The number of carboxylic acid groups (broad SMARTS) is 1. The molecule has 8 nitrogen and oxygen atoms in total. The highest BCUT2D eigenvalue weighted by Crippen LogP contribution is 2.28. The molecule has 1 aromatic heterocycles. The second kappa shape index (κ2) is 7.63. The van der Waals surface area contributed by atoms with Crippen molar-refractivity contribution in [1.82, 2.24) is 9.21 Å². The highest BCUT2D eigenvalue weighted by molar-refractivity contribution is 7.89. The van der Waals surface area contributed by atoms with E-state index in [1.54, 1.807) is 0 Å². The van der Waals surface area contributed by atoms with Crippen LogP contribution in [0.15, 0.2) is 21.6 Å². The van der Waals surface area contributed by atoms with E-state index in [0.29, 0.717) is 24.7 Å². The topological polar surface area (TPSA) is 108 Å². The standard InChI is InChI=1S/C18H26N2O6S/c1-12-9-13(2)11-19(10-12)17(21)14-5-7-20(8-6-14)27(24,25)16-4-3-15(26-16)18(22)23/h3-4,12-14H,5-11H2,1-2H3,(H,22,23). The third kappa shape index (κ3) is 4.19. The van der Waals surface area contributed by atoms with E-state index in [1.807, 2.05) is 4.90 Å². The van der Waals surface area contributed by atoms with E-state index in [1.165, 1.54) is 4.31 Å². The molecule has 0 radical (unpaired) electrons. The first-order valence-corrected chi connectivity index (χ1v) is 10.7. The molecule has 2 saturated heterocycles. The summed E-state index contributed by atoms with van der Waals surface area (Å²) in [6, 6.07) is 2.29. The molecule has 3 rings (SSSR count). The third-order valence-corrected chi connectivity index (χ3v) is 7.14. The molecule has 9 heteroatoms. The summed E-state index contributed by atoms with van der Waals surface area (Å²) in [6.45, 7) is 6.29. The first-order chi connectivity index (χ1) is 12.7. The van der Waals surface area contributed by atoms with Crippen molar-refractivity contribution in [2.24, 2.45) is 17.8 Å². The van der Waals surface area contributed by atoms with E-state index in [2.05, 4.69) is 13.8 Å². The van der Waals surface area contributed by atoms with Gasteiger partial charge in [0.05, 0.1) is 0 Å². The van der Waals surface area contributed by atoms with Gasteiger partial charge in [-0.05, 0) is 43.2 Å². The number of carbonyl (C=O) groups is 2. The lowest BCUT2D eigenvalue weighted by molar-refractivity contribution is -0.139. The Morgan fingerprint density at radius 2 is 1.70 bits per heavy atom. The van der Waals surface area contributed by atoms with Gasteiger partial charge in [-0.15, -0.1) is 0 Å². The minimum atomic E-state index is -3.89. The van der Waals surface area contributed by atoms with Gasteiger partial charge in [0, 0.05) is 32.1 Å². The average Bonchev–Trinajstić information content (AvgIpc) is 3.11. The Morgan fingerprint density at radius 1 is 1.11 bits per heavy atom. The van der Waals surface area contributed by atoms with Gasteiger partial charge in [-0.3, -0.25) is 4.79 Å². The number of likely N-dealkylation sites (tertiary alicyclic amines) is 1. The number of carbonyl (C=O) groups excluding carboxylic acids is 1. The Hall–Kier alpha value is -1.87. The summed E-state index contributed by atoms with van der Waals surface area (Å²) >= 11 is 0. The maximum Gasteiger partial charge on any atom is 0.371 e. The predicted octanol–water partition coefficient (Wildman–Crippen LogP) is 1.88. The summed E-state index contributed by atoms with van der Waals surface area (Å²) in [5.41, 5.74) is 0. The van der Waals surface area contributed by atoms with Gasteiger partial charge in [0.25, 0.3) is 10.0 Å². The first kappa shape index (κ1) is 19.9. The largest absolute Gasteiger partial charge is 0.475 e. The number of amides is 1. The van der Waals surface area contributed by atoms with E-state index in [-0.39, 0.29) is 30.0 Å². The molecule has 0 aromatic carbocycles. The van der Waals surface area contributed by atoms with Crippen LogP contribution in [-0.4, -0.2) is 60.8 Å². The van der Waals surface area contributed by atoms with Crippen LogP contribution in [0.2, 0.25) is 0 Å². The Morgan fingerprint density at radius 3 is 2.22 bits per heavy atom. The second-order valence-electron chi connectivity index (χ2n) is 7.79. The molecule has 0 saturated carbocycles. The molecule has 2 atom stereocenters. The van der Waals surface area contributed by atoms with Crippen molar-refractivity contribution in [2.45, 2.75) is 38.2 Å². The SMILES string of the molecule is CC1CC(C)CN(C(=O)C2CCN(S(=O)(=O)c3ccc(C(=O)O)o3)CC2)C1. The van der Waals surface area contributed by atoms with Gasteiger partial charge in [-0.2, -0.15) is 4.31 Å². The van der Waals surface area contributed by atoms with Crippen LogP contribution in [0.5, 0.6) is 0 Å². The van der Waals surface area contributed by atoms with Gasteiger partial charge in [0.2, 0.25) is 16.8 Å². The molecule has 2 aliphatic heterocycles. The van der Waals surface area contributed by atoms with Crippen LogP contribution >= 0.6 is 0 Å². The summed E-state index contributed by atoms with van der Waals surface area (Å²) in [7, 11) is -3.89. The molecule has 2 fully saturated rings. The molecule has 2 unspecified atom stereocenters. The van der Waals surface area contributed by atoms with Gasteiger partial charge >= 0.3 is 5.97 Å². The van der Waals surface area contributed by atoms with Crippen molar-refractivity contribution in [1.29, 1.82) is 0 Å². The van der Waals surface area contributed by atoms with Gasteiger partial charge in [0.15, 0.2) is 0 Å². The zero-order valence-corrected chi connectivity index (χ0v) is 16.4. The first-order valence-electron chi connectivity index (χ1n) is 9.30. The molecule has 0 aliphatic carbocycles. The van der Waals surface area contributed by atoms with Crippen LogP contribution in [0.1, 0.15) is 43.7 Å². The molecular weight excluding hydrogens is 372 g/mol. The van der Waals surface area contributed by atoms with Crippen LogP contribution in [0, 0.1) is 17.8 Å². The third-order valence-electron chi connectivity index (χ3n) is 5.37. The van der Waals surface area contributed by atoms with E-state index in [4.69, 9.17) is 9.52 Å². The minimum Gasteiger partial charge on any atom is -0.475 e. The molecule has 27 heavy (non-hydrogen) atoms. The van der Waals surface area contributed by atoms with Crippen LogP contribution in [0.4, 0.5) is 0 Å². The van der Waals surface area contributed by atoms with Crippen LogP contribution in [0.3, 0.4) is 0 Å². The molecular formula is C18H26N2O6S. The number of hydrogen-bond acceptors (Lipinski definition) is 5. The normalized spacial score (nSPS) is 25.5. The number of rotatable bonds is 4. The fourth-order valence-corrected chi connectivity index (χ4v) is 5.53. The molecule has 0 spiro atoms. The second-order valence-corrected chi connectivity index (χ2v) is 9.66. The van der Waals surface area contributed by atoms with Crippen molar-refractivity contribution in [2.75, 3.05) is 26.2 Å². The fourth-order valence-electron chi connectivity index (χ4n) is 4.15. The van der Waals surface area contributed by atoms with Gasteiger partial charge < -0.3 is 14.4 Å². The maximum absolute atomic E-state index is 12.8. The zero-order chi connectivity index (χ0) is 19.8. The Balaban J connectivity index is 1.62. The molecule has 1 amide bonds. The van der Waals surface area contributed by atoms with E-state index in [0.717, 1.165) is 31.6 Å². The highest BCUT2D eigenvalue weighted by atomic mass is 32.2. The number of carboxylic acids is 1. The average molecular weight is 398 g/mol. The van der Waals surface area contributed by atoms with Gasteiger partial charge in [0.1, 0.15) is 0 Å². The maximum atomic E-state index is 12.8. The Labute approximate surface area is 159 Å². The number of nitrogens with zero attached hydrogens (tertiary/aromatic N) is 2. The minimum absolute atomic E-state index is 0.122. The van der Waals surface area contributed by atoms with Crippen molar-refractivity contribution < 1.29 is 27.5 Å². The van der Waals surface area contributed by atoms with Crippen LogP contribution in [0.25, 0.3) is 0 Å². The summed E-state index contributed by atoms with van der Waals surface area (Å²) in [5, 5.41) is 8.51. The molecule has 1 N–H and O–H groups in total. The summed E-state index contributed by atoms with van der Waals surface area (Å²) in [4.78, 5) is 25.6. The van der Waals surface area contributed by atoms with Crippen LogP contribution < -0.4 is 0 Å². The molecule has 1 aromatic rings. The van der Waals surface area contributed by atoms with E-state index in [9.17, 15) is 18.0 Å². The van der Waals surface area contributed by atoms with Crippen molar-refractivity contribution in [3.8, 4) is 0 Å². The lowest BCUT2D eigenvalue weighted by Gasteiger charge is -2.38. The zero-order valence-electron chi connectivity index (χ0n) is 15.6. The number of sulfonamides is 1. The highest BCUT2D eigenvalue weighted by Gasteiger charge is 2.36. The molecule has 3 heterocycles. The lowest BCUT2D eigenvalue weighted by atomic mass is 9.89. The number of aromatic carboxylic acids is 1. The van der Waals surface area contributed by atoms with Gasteiger partial charge in [-0.25, -0.2) is 13.2 Å². The molecule has 0 bridgehead atoms. The van der Waals surface area contributed by atoms with Gasteiger partial charge in [-0.1, -0.05) is 13.8 Å². The van der Waals surface area contributed by atoms with Crippen molar-refractivity contribution in [3.05, 3.63) is 17.9 Å². The number of piperidine rings is 2. The van der Waals surface area contributed by atoms with Crippen molar-refractivity contribution in [3.63, 3.8) is 0 Å². The van der Waals surface area contributed by atoms with E-state index >= 15 is 0 Å². The number of hydrogen-bond donors (Lipinski definition) is 1. The Kier molecular flexibility index (Phi) is 5.62. The monoisotopic (exact) mass is 398 g/mol.